The first-order valence-electron chi connectivity index (χ1n) is 13.5. The third-order valence-electron chi connectivity index (χ3n) is 6.99. The van der Waals surface area contributed by atoms with E-state index < -0.39 is 17.9 Å². The first-order chi connectivity index (χ1) is 19.7. The number of nitrogens with one attached hydrogen (secondary N) is 1. The molecule has 0 fully saturated rings. The van der Waals surface area contributed by atoms with Crippen molar-refractivity contribution in [3.63, 3.8) is 0 Å². The van der Waals surface area contributed by atoms with E-state index in [4.69, 9.17) is 4.74 Å². The summed E-state index contributed by atoms with van der Waals surface area (Å²) >= 11 is 0. The summed E-state index contributed by atoms with van der Waals surface area (Å²) in [6.45, 7) is 6.50. The second kappa shape index (κ2) is 11.6. The molecule has 6 nitrogen and oxygen atoms in total. The number of carbonyl (C=O) groups is 2. The molecule has 0 bridgehead atoms. The summed E-state index contributed by atoms with van der Waals surface area (Å²) < 4.78 is 6.08. The van der Waals surface area contributed by atoms with Crippen LogP contribution < -0.4 is 10.1 Å². The van der Waals surface area contributed by atoms with Gasteiger partial charge in [0.05, 0.1) is 12.5 Å². The van der Waals surface area contributed by atoms with Gasteiger partial charge in [0.2, 0.25) is 0 Å². The fourth-order valence-corrected chi connectivity index (χ4v) is 4.66. The van der Waals surface area contributed by atoms with Gasteiger partial charge in [0.25, 0.3) is 5.91 Å². The highest BCUT2D eigenvalue weighted by Gasteiger charge is 2.20. The summed E-state index contributed by atoms with van der Waals surface area (Å²) in [4.78, 5) is 29.2. The molecule has 0 spiro atoms. The van der Waals surface area contributed by atoms with Crippen LogP contribution in [-0.2, 0) is 10.2 Å². The topological polar surface area (TPSA) is 88.5 Å². The molecule has 0 saturated carbocycles. The Morgan fingerprint density at radius 2 is 1.46 bits per heavy atom. The van der Waals surface area contributed by atoms with Crippen LogP contribution in [0.25, 0.3) is 21.9 Å². The van der Waals surface area contributed by atoms with Gasteiger partial charge in [-0.1, -0.05) is 87.5 Å². The van der Waals surface area contributed by atoms with Crippen LogP contribution in [0.3, 0.4) is 0 Å². The first kappa shape index (κ1) is 27.6. The second-order valence-electron chi connectivity index (χ2n) is 11.1. The van der Waals surface area contributed by atoms with Gasteiger partial charge in [-0.05, 0) is 69.5 Å². The van der Waals surface area contributed by atoms with Crippen molar-refractivity contribution in [2.24, 2.45) is 0 Å². The van der Waals surface area contributed by atoms with E-state index >= 15 is 0 Å². The summed E-state index contributed by atoms with van der Waals surface area (Å²) in [6, 6.07) is 32.1. The van der Waals surface area contributed by atoms with Crippen LogP contribution in [0.2, 0.25) is 0 Å². The summed E-state index contributed by atoms with van der Waals surface area (Å²) in [5.74, 6) is -0.0967. The highest BCUT2D eigenvalue weighted by Crippen LogP contribution is 2.29. The molecular formula is C35H32N2O4. The molecule has 1 amide bonds. The fraction of sp³-hybridized carbons (Fsp3) is 0.171. The van der Waals surface area contributed by atoms with Crippen molar-refractivity contribution in [2.75, 3.05) is 0 Å². The molecule has 0 radical (unpaired) electrons. The molecule has 0 aliphatic heterocycles. The van der Waals surface area contributed by atoms with E-state index in [9.17, 15) is 14.7 Å². The average Bonchev–Trinajstić information content (AvgIpc) is 2.96. The number of nitrogens with zero attached hydrogens (tertiary/aromatic N) is 1. The zero-order valence-electron chi connectivity index (χ0n) is 23.3. The number of pyridine rings is 1. The minimum atomic E-state index is -1.01. The van der Waals surface area contributed by atoms with Crippen molar-refractivity contribution in [2.45, 2.75) is 38.6 Å². The number of carbonyl (C=O) groups excluding carboxylic acids is 1. The Labute approximate surface area is 239 Å². The van der Waals surface area contributed by atoms with Crippen molar-refractivity contribution >= 4 is 22.6 Å². The van der Waals surface area contributed by atoms with Crippen LogP contribution in [0, 0.1) is 0 Å². The molecule has 4 aromatic carbocycles. The third kappa shape index (κ3) is 6.79. The van der Waals surface area contributed by atoms with Gasteiger partial charge < -0.3 is 15.2 Å². The van der Waals surface area contributed by atoms with E-state index in [1.807, 2.05) is 84.9 Å². The van der Waals surface area contributed by atoms with Gasteiger partial charge in [-0.25, -0.2) is 0 Å². The number of hydrogen-bond donors (Lipinski definition) is 2. The molecule has 1 aromatic heterocycles. The molecule has 1 unspecified atom stereocenters. The Balaban J connectivity index is 1.34. The van der Waals surface area contributed by atoms with Crippen molar-refractivity contribution in [3.05, 3.63) is 126 Å². The van der Waals surface area contributed by atoms with Gasteiger partial charge in [-0.15, -0.1) is 0 Å². The Morgan fingerprint density at radius 1 is 0.805 bits per heavy atom. The molecule has 1 heterocycles. The molecule has 1 atom stereocenters. The van der Waals surface area contributed by atoms with Crippen LogP contribution >= 0.6 is 0 Å². The highest BCUT2D eigenvalue weighted by atomic mass is 16.5. The predicted molar refractivity (Wildman–Crippen MR) is 161 cm³/mol. The number of benzene rings is 4. The molecule has 41 heavy (non-hydrogen) atoms. The Kier molecular flexibility index (Phi) is 7.83. The molecule has 0 aliphatic rings. The minimum Gasteiger partial charge on any atom is -0.481 e. The van der Waals surface area contributed by atoms with E-state index in [1.54, 1.807) is 12.3 Å². The smallest absolute Gasteiger partial charge is 0.305 e. The molecule has 2 N–H and O–H groups in total. The van der Waals surface area contributed by atoms with Crippen molar-refractivity contribution < 1.29 is 19.4 Å². The molecule has 5 rings (SSSR count). The molecule has 5 aromatic rings. The Hall–Kier alpha value is -4.97. The summed E-state index contributed by atoms with van der Waals surface area (Å²) in [5.41, 5.74) is 4.24. The van der Waals surface area contributed by atoms with Crippen LogP contribution in [0.4, 0.5) is 0 Å². The van der Waals surface area contributed by atoms with Crippen molar-refractivity contribution in [1.82, 2.24) is 10.3 Å². The summed E-state index contributed by atoms with van der Waals surface area (Å²) in [5, 5.41) is 14.0. The lowest BCUT2D eigenvalue weighted by molar-refractivity contribution is -0.137. The highest BCUT2D eigenvalue weighted by molar-refractivity contribution is 5.97. The van der Waals surface area contributed by atoms with Crippen molar-refractivity contribution in [3.8, 4) is 22.6 Å². The first-order valence-corrected chi connectivity index (χ1v) is 13.5. The number of fused-ring (bicyclic) bond motifs is 1. The van der Waals surface area contributed by atoms with Gasteiger partial charge in [-0.2, -0.15) is 0 Å². The summed E-state index contributed by atoms with van der Waals surface area (Å²) in [6.07, 6.45) is 1.38. The van der Waals surface area contributed by atoms with E-state index in [0.29, 0.717) is 11.3 Å². The molecular weight excluding hydrogens is 512 g/mol. The lowest BCUT2D eigenvalue weighted by Gasteiger charge is -2.19. The molecule has 6 heteroatoms. The zero-order chi connectivity index (χ0) is 29.0. The van der Waals surface area contributed by atoms with E-state index in [-0.39, 0.29) is 17.5 Å². The fourth-order valence-electron chi connectivity index (χ4n) is 4.66. The number of ether oxygens (including phenoxy) is 1. The Morgan fingerprint density at radius 3 is 2.12 bits per heavy atom. The Bertz CT molecular complexity index is 1670. The maximum Gasteiger partial charge on any atom is 0.305 e. The van der Waals surface area contributed by atoms with Gasteiger partial charge in [0.15, 0.2) is 0 Å². The van der Waals surface area contributed by atoms with Gasteiger partial charge in [-0.3, -0.25) is 14.6 Å². The standard InChI is InChI=1S/C35H32N2O4/c1-35(2,3)28-14-17-29(18-15-28)41-30-16-13-26-22-36-32(20-27(26)19-30)34(40)37-31(21-33(38)39)25-11-9-24(10-12-25)23-7-5-4-6-8-23/h4-20,22,31H,21H2,1-3H3,(H,37,40)(H,38,39). The van der Waals surface area contributed by atoms with Crippen LogP contribution in [0.15, 0.2) is 109 Å². The van der Waals surface area contributed by atoms with Crippen LogP contribution in [-0.4, -0.2) is 22.0 Å². The maximum atomic E-state index is 13.2. The quantitative estimate of drug-likeness (QED) is 0.207. The van der Waals surface area contributed by atoms with Gasteiger partial charge in [0, 0.05) is 11.6 Å². The van der Waals surface area contributed by atoms with Crippen LogP contribution in [0.5, 0.6) is 11.5 Å². The largest absolute Gasteiger partial charge is 0.481 e. The lowest BCUT2D eigenvalue weighted by Crippen LogP contribution is -2.30. The monoisotopic (exact) mass is 544 g/mol. The zero-order valence-corrected chi connectivity index (χ0v) is 23.3. The molecule has 0 aliphatic carbocycles. The number of aliphatic carboxylic acids is 1. The number of rotatable bonds is 8. The van der Waals surface area contributed by atoms with Crippen molar-refractivity contribution in [1.29, 1.82) is 0 Å². The van der Waals surface area contributed by atoms with Gasteiger partial charge in [0.1, 0.15) is 17.2 Å². The molecule has 0 saturated heterocycles. The van der Waals surface area contributed by atoms with E-state index in [0.717, 1.165) is 27.6 Å². The normalized spacial score (nSPS) is 12.1. The predicted octanol–water partition coefficient (Wildman–Crippen LogP) is 7.94. The van der Waals surface area contributed by atoms with Gasteiger partial charge >= 0.3 is 5.97 Å². The number of carboxylic acids is 1. The average molecular weight is 545 g/mol. The maximum absolute atomic E-state index is 13.2. The van der Waals surface area contributed by atoms with E-state index in [1.165, 1.54) is 5.56 Å². The minimum absolute atomic E-state index is 0.0561. The van der Waals surface area contributed by atoms with Crippen LogP contribution in [0.1, 0.15) is 54.8 Å². The molecule has 206 valence electrons. The lowest BCUT2D eigenvalue weighted by atomic mass is 9.87. The van der Waals surface area contributed by atoms with E-state index in [2.05, 4.69) is 43.2 Å². The SMILES string of the molecule is CC(C)(C)c1ccc(Oc2ccc3cnc(C(=O)NC(CC(=O)O)c4ccc(-c5ccccc5)cc4)cc3c2)cc1. The third-order valence-corrected chi connectivity index (χ3v) is 6.99. The number of hydrogen-bond acceptors (Lipinski definition) is 4. The second-order valence-corrected chi connectivity index (χ2v) is 11.1. The number of amides is 1. The number of carboxylic acid groups (broad SMARTS) is 1. The summed E-state index contributed by atoms with van der Waals surface area (Å²) in [7, 11) is 0. The number of aromatic nitrogens is 1.